The van der Waals surface area contributed by atoms with Crippen molar-refractivity contribution in [2.75, 3.05) is 30.3 Å². The second kappa shape index (κ2) is 22.9. The average molecular weight is 846 g/mol. The van der Waals surface area contributed by atoms with E-state index in [4.69, 9.17) is 10.2 Å². The first kappa shape index (κ1) is 46.6. The summed E-state index contributed by atoms with van der Waals surface area (Å²) in [6.07, 6.45) is 7.88. The van der Waals surface area contributed by atoms with Crippen LogP contribution in [0.25, 0.3) is 0 Å². The summed E-state index contributed by atoms with van der Waals surface area (Å²) in [7, 11) is 0. The number of halogens is 1. The molecule has 0 unspecified atom stereocenters. The van der Waals surface area contributed by atoms with Gasteiger partial charge in [0.2, 0.25) is 5.91 Å². The number of thiophene rings is 1. The Morgan fingerprint density at radius 2 is 1.41 bits per heavy atom. The highest BCUT2D eigenvalue weighted by molar-refractivity contribution is 7.17. The Bertz CT molecular complexity index is 2050. The maximum absolute atomic E-state index is 14.0. The summed E-state index contributed by atoms with van der Waals surface area (Å²) in [5.41, 5.74) is 6.17. The molecule has 316 valence electrons. The zero-order valence-corrected chi connectivity index (χ0v) is 35.9. The van der Waals surface area contributed by atoms with Crippen LogP contribution in [0.3, 0.4) is 0 Å². The third-order valence-electron chi connectivity index (χ3n) is 10.9. The molecule has 3 aromatic carbocycles. The van der Waals surface area contributed by atoms with Gasteiger partial charge in [0, 0.05) is 54.8 Å². The van der Waals surface area contributed by atoms with Gasteiger partial charge in [0.25, 0.3) is 11.8 Å². The molecule has 59 heavy (non-hydrogen) atoms. The molecule has 1 aliphatic rings. The van der Waals surface area contributed by atoms with Crippen molar-refractivity contribution in [2.24, 2.45) is 0 Å². The highest BCUT2D eigenvalue weighted by Crippen LogP contribution is 2.39. The Labute approximate surface area is 357 Å². The smallest absolute Gasteiger partial charge is 0.335 e. The maximum atomic E-state index is 14.0. The van der Waals surface area contributed by atoms with Crippen molar-refractivity contribution in [1.82, 2.24) is 9.80 Å². The summed E-state index contributed by atoms with van der Waals surface area (Å²) in [5, 5.41) is 24.9. The van der Waals surface area contributed by atoms with Crippen molar-refractivity contribution in [2.45, 2.75) is 104 Å². The van der Waals surface area contributed by atoms with Gasteiger partial charge in [-0.1, -0.05) is 50.2 Å². The molecule has 0 aliphatic heterocycles. The number of carboxylic acids is 2. The van der Waals surface area contributed by atoms with Gasteiger partial charge in [-0.25, -0.2) is 4.79 Å². The molecule has 5 rings (SSSR count). The Hall–Kier alpha value is -5.04. The number of carbonyl (C=O) groups is 5. The van der Waals surface area contributed by atoms with Crippen LogP contribution in [0.5, 0.6) is 0 Å². The van der Waals surface area contributed by atoms with Gasteiger partial charge in [0.05, 0.1) is 17.5 Å². The number of likely N-dealkylation sites (N-methyl/N-ethyl adjacent to an activating group) is 1. The number of nitrogens with one attached hydrogen (secondary N) is 2. The van der Waals surface area contributed by atoms with E-state index < -0.39 is 11.9 Å². The molecule has 0 radical (unpaired) electrons. The number of carbonyl (C=O) groups excluding carboxylic acids is 3. The summed E-state index contributed by atoms with van der Waals surface area (Å²) >= 11 is 1.48. The molecule has 0 spiro atoms. The van der Waals surface area contributed by atoms with Gasteiger partial charge in [-0.05, 0) is 123 Å². The highest BCUT2D eigenvalue weighted by Gasteiger charge is 2.27. The Morgan fingerprint density at radius 3 is 2.03 bits per heavy atom. The summed E-state index contributed by atoms with van der Waals surface area (Å²) < 4.78 is 0. The first-order valence-electron chi connectivity index (χ1n) is 20.5. The number of carboxylic acid groups (broad SMARTS) is 2. The lowest BCUT2D eigenvalue weighted by molar-refractivity contribution is -0.141. The van der Waals surface area contributed by atoms with Gasteiger partial charge < -0.3 is 25.7 Å². The Morgan fingerprint density at radius 1 is 0.746 bits per heavy atom. The highest BCUT2D eigenvalue weighted by atomic mass is 35.5. The number of hydrogen-bond acceptors (Lipinski definition) is 7. The lowest BCUT2D eigenvalue weighted by Gasteiger charge is -2.33. The number of aromatic carboxylic acids is 1. The van der Waals surface area contributed by atoms with E-state index in [-0.39, 0.29) is 54.6 Å². The number of benzene rings is 3. The molecular weight excluding hydrogens is 788 g/mol. The molecule has 11 nitrogen and oxygen atoms in total. The molecule has 0 fully saturated rings. The van der Waals surface area contributed by atoms with Crippen LogP contribution in [0.2, 0.25) is 0 Å². The quantitative estimate of drug-likeness (QED) is 0.0647. The normalized spacial score (nSPS) is 12.1. The van der Waals surface area contributed by atoms with E-state index in [9.17, 15) is 24.0 Å². The molecule has 0 atom stereocenters. The van der Waals surface area contributed by atoms with E-state index in [2.05, 4.69) is 29.4 Å². The summed E-state index contributed by atoms with van der Waals surface area (Å²) in [4.78, 5) is 67.9. The maximum Gasteiger partial charge on any atom is 0.335 e. The van der Waals surface area contributed by atoms with Crippen LogP contribution in [-0.4, -0.2) is 75.3 Å². The first-order valence-corrected chi connectivity index (χ1v) is 21.3. The van der Waals surface area contributed by atoms with Gasteiger partial charge in [-0.3, -0.25) is 24.1 Å². The topological polar surface area (TPSA) is 156 Å². The van der Waals surface area contributed by atoms with E-state index in [1.807, 2.05) is 61.5 Å². The van der Waals surface area contributed by atoms with E-state index in [0.29, 0.717) is 48.0 Å². The number of hydrogen-bond donors (Lipinski definition) is 4. The monoisotopic (exact) mass is 844 g/mol. The van der Waals surface area contributed by atoms with Crippen LogP contribution >= 0.6 is 23.7 Å². The number of aliphatic carboxylic acids is 1. The number of aryl methyl sites for hydroxylation is 3. The fraction of sp³-hybridized carbons (Fsp3) is 0.413. The van der Waals surface area contributed by atoms with E-state index >= 15 is 0 Å². The summed E-state index contributed by atoms with van der Waals surface area (Å²) in [6.45, 7) is 8.36. The largest absolute Gasteiger partial charge is 0.481 e. The van der Waals surface area contributed by atoms with Gasteiger partial charge in [0.15, 0.2) is 0 Å². The number of nitrogens with zero attached hydrogens (tertiary/aromatic N) is 2. The van der Waals surface area contributed by atoms with Crippen molar-refractivity contribution >= 4 is 64.1 Å². The summed E-state index contributed by atoms with van der Waals surface area (Å²) in [5.74, 6) is -2.61. The molecule has 1 aromatic heterocycles. The van der Waals surface area contributed by atoms with Crippen molar-refractivity contribution in [1.29, 1.82) is 0 Å². The predicted octanol–water partition coefficient (Wildman–Crippen LogP) is 9.13. The second-order valence-electron chi connectivity index (χ2n) is 14.9. The van der Waals surface area contributed by atoms with Gasteiger partial charge in [-0.15, -0.1) is 23.7 Å². The molecule has 1 aliphatic carbocycles. The molecule has 3 amide bonds. The van der Waals surface area contributed by atoms with Gasteiger partial charge in [-0.2, -0.15) is 0 Å². The van der Waals surface area contributed by atoms with Crippen LogP contribution in [0.15, 0.2) is 72.8 Å². The fourth-order valence-corrected chi connectivity index (χ4v) is 8.93. The van der Waals surface area contributed by atoms with Gasteiger partial charge in [0.1, 0.15) is 5.00 Å². The first-order chi connectivity index (χ1) is 28.0. The molecular formula is C46H57ClN4O7S. The minimum Gasteiger partial charge on any atom is -0.481 e. The standard InChI is InChI=1S/C46H56N4O7S.ClH/c1-4-37(5-2)50(28-27-49(6-3)40(51)25-26-41(52)53)30-33-13-10-14-35(29-33)43(54)48-45-42(38-15-7-8-16-39(38)58-45)44(55)47-36-23-19-32(20-24-36)12-9-11-31-17-21-34(22-18-31)46(56)57;/h10,13-14,17-24,29,37H,4-9,11-12,15-16,25-28,30H2,1-3H3,(H,47,55)(H,48,54)(H,52,53)(H,56,57);1H. The van der Waals surface area contributed by atoms with Crippen molar-refractivity contribution in [3.8, 4) is 0 Å². The van der Waals surface area contributed by atoms with Crippen molar-refractivity contribution < 1.29 is 34.2 Å². The van der Waals surface area contributed by atoms with Crippen molar-refractivity contribution in [3.05, 3.63) is 117 Å². The number of amides is 3. The number of fused-ring (bicyclic) bond motifs is 1. The third-order valence-corrected chi connectivity index (χ3v) is 12.2. The fourth-order valence-electron chi connectivity index (χ4n) is 7.65. The number of anilines is 2. The van der Waals surface area contributed by atoms with Crippen LogP contribution in [0, 0.1) is 0 Å². The lowest BCUT2D eigenvalue weighted by atomic mass is 9.95. The summed E-state index contributed by atoms with van der Waals surface area (Å²) in [6, 6.07) is 22.6. The predicted molar refractivity (Wildman–Crippen MR) is 236 cm³/mol. The van der Waals surface area contributed by atoms with E-state index in [1.54, 1.807) is 23.1 Å². The minimum atomic E-state index is -0.985. The zero-order valence-electron chi connectivity index (χ0n) is 34.3. The third kappa shape index (κ3) is 13.2. The minimum absolute atomic E-state index is 0. The molecule has 0 saturated heterocycles. The van der Waals surface area contributed by atoms with Crippen molar-refractivity contribution in [3.63, 3.8) is 0 Å². The van der Waals surface area contributed by atoms with Crippen LogP contribution in [-0.2, 0) is 41.8 Å². The average Bonchev–Trinajstić information content (AvgIpc) is 3.59. The second-order valence-corrected chi connectivity index (χ2v) is 16.0. The molecule has 1 heterocycles. The molecule has 0 saturated carbocycles. The molecule has 13 heteroatoms. The zero-order chi connectivity index (χ0) is 41.6. The van der Waals surface area contributed by atoms with Crippen LogP contribution in [0.4, 0.5) is 10.7 Å². The SMILES string of the molecule is CCC(CC)N(CCN(CC)C(=O)CCC(=O)O)Cc1cccc(C(=O)Nc2sc3c(c2C(=O)Nc2ccc(CCCc4ccc(C(=O)O)cc4)cc2)CCCC3)c1.Cl. The van der Waals surface area contributed by atoms with Gasteiger partial charge >= 0.3 is 11.9 Å². The molecule has 4 aromatic rings. The number of rotatable bonds is 21. The van der Waals surface area contributed by atoms with Crippen LogP contribution < -0.4 is 10.6 Å². The Balaban J connectivity index is 0.00000769. The van der Waals surface area contributed by atoms with E-state index in [0.717, 1.165) is 84.9 Å². The molecule has 4 N–H and O–H groups in total. The Kier molecular flexibility index (Phi) is 18.1. The lowest BCUT2D eigenvalue weighted by Crippen LogP contribution is -2.42. The van der Waals surface area contributed by atoms with Crippen LogP contribution in [0.1, 0.15) is 124 Å². The molecule has 0 bridgehead atoms. The van der Waals surface area contributed by atoms with E-state index in [1.165, 1.54) is 11.3 Å².